The third kappa shape index (κ3) is 3.64. The average molecular weight is 297 g/mol. The Labute approximate surface area is 122 Å². The Hall–Kier alpha value is -1.27. The quantitative estimate of drug-likeness (QED) is 0.337. The van der Waals surface area contributed by atoms with Gasteiger partial charge in [0, 0.05) is 29.0 Å². The van der Waals surface area contributed by atoms with E-state index in [9.17, 15) is 4.39 Å². The van der Waals surface area contributed by atoms with Crippen LogP contribution in [-0.2, 0) is 6.54 Å². The summed E-state index contributed by atoms with van der Waals surface area (Å²) in [6.45, 7) is 0.508. The van der Waals surface area contributed by atoms with Crippen LogP contribution in [0.3, 0.4) is 0 Å². The lowest BCUT2D eigenvalue weighted by molar-refractivity contribution is 0.318. The minimum Gasteiger partial charge on any atom is -0.409 e. The van der Waals surface area contributed by atoms with E-state index in [1.54, 1.807) is 12.1 Å². The van der Waals surface area contributed by atoms with Crippen molar-refractivity contribution >= 4 is 17.6 Å². The molecule has 110 valence electrons. The smallest absolute Gasteiger partial charge is 0.170 e. The van der Waals surface area contributed by atoms with Crippen LogP contribution in [0.15, 0.2) is 23.4 Å². The SMILES string of the molecule is CSC1CCC(NCc2ccc(/C(N)=N/O)cc2F)C1. The second-order valence-electron chi connectivity index (χ2n) is 5.04. The van der Waals surface area contributed by atoms with Gasteiger partial charge in [0.15, 0.2) is 5.84 Å². The fourth-order valence-electron chi connectivity index (χ4n) is 2.50. The predicted molar refractivity (Wildman–Crippen MR) is 80.7 cm³/mol. The molecule has 4 N–H and O–H groups in total. The van der Waals surface area contributed by atoms with E-state index in [4.69, 9.17) is 10.9 Å². The summed E-state index contributed by atoms with van der Waals surface area (Å²) in [5, 5.41) is 15.6. The molecule has 1 aliphatic carbocycles. The van der Waals surface area contributed by atoms with Crippen molar-refractivity contribution in [2.24, 2.45) is 10.9 Å². The van der Waals surface area contributed by atoms with Crippen molar-refractivity contribution in [1.82, 2.24) is 5.32 Å². The molecule has 0 bridgehead atoms. The largest absolute Gasteiger partial charge is 0.409 e. The molecule has 1 saturated carbocycles. The number of nitrogens with one attached hydrogen (secondary N) is 1. The molecular weight excluding hydrogens is 277 g/mol. The van der Waals surface area contributed by atoms with Gasteiger partial charge in [-0.3, -0.25) is 0 Å². The molecule has 0 amide bonds. The maximum Gasteiger partial charge on any atom is 0.170 e. The first kappa shape index (κ1) is 15.1. The molecule has 2 rings (SSSR count). The van der Waals surface area contributed by atoms with Gasteiger partial charge in [0.25, 0.3) is 0 Å². The first-order valence-electron chi connectivity index (χ1n) is 6.66. The van der Waals surface area contributed by atoms with Crippen LogP contribution in [0.5, 0.6) is 0 Å². The molecule has 0 spiro atoms. The van der Waals surface area contributed by atoms with Crippen LogP contribution in [0.25, 0.3) is 0 Å². The number of hydrogen-bond donors (Lipinski definition) is 3. The molecule has 2 unspecified atom stereocenters. The lowest BCUT2D eigenvalue weighted by Crippen LogP contribution is -2.26. The molecule has 0 radical (unpaired) electrons. The second kappa shape index (κ2) is 6.95. The Morgan fingerprint density at radius 3 is 2.95 bits per heavy atom. The van der Waals surface area contributed by atoms with Gasteiger partial charge >= 0.3 is 0 Å². The molecule has 4 nitrogen and oxygen atoms in total. The number of nitrogens with two attached hydrogens (primary N) is 1. The summed E-state index contributed by atoms with van der Waals surface area (Å²) >= 11 is 1.90. The number of benzene rings is 1. The highest BCUT2D eigenvalue weighted by Crippen LogP contribution is 2.28. The number of oxime groups is 1. The molecule has 0 aromatic heterocycles. The number of hydrogen-bond acceptors (Lipinski definition) is 4. The van der Waals surface area contributed by atoms with Gasteiger partial charge in [-0.25, -0.2) is 4.39 Å². The monoisotopic (exact) mass is 297 g/mol. The van der Waals surface area contributed by atoms with E-state index in [0.717, 1.165) is 18.1 Å². The molecule has 0 aliphatic heterocycles. The summed E-state index contributed by atoms with van der Waals surface area (Å²) in [4.78, 5) is 0. The van der Waals surface area contributed by atoms with Crippen LogP contribution < -0.4 is 11.1 Å². The summed E-state index contributed by atoms with van der Waals surface area (Å²) in [6, 6.07) is 5.10. The summed E-state index contributed by atoms with van der Waals surface area (Å²) in [6.07, 6.45) is 5.66. The summed E-state index contributed by atoms with van der Waals surface area (Å²) < 4.78 is 13.9. The minimum atomic E-state index is -0.332. The molecule has 1 aromatic rings. The van der Waals surface area contributed by atoms with Gasteiger partial charge in [-0.2, -0.15) is 11.8 Å². The van der Waals surface area contributed by atoms with Crippen LogP contribution in [0.4, 0.5) is 4.39 Å². The third-order valence-corrected chi connectivity index (χ3v) is 4.85. The topological polar surface area (TPSA) is 70.6 Å². The Kier molecular flexibility index (Phi) is 5.25. The Balaban J connectivity index is 1.94. The van der Waals surface area contributed by atoms with Crippen LogP contribution in [-0.4, -0.2) is 28.6 Å². The summed E-state index contributed by atoms with van der Waals surface area (Å²) in [5.74, 6) is -0.414. The van der Waals surface area contributed by atoms with Crippen molar-refractivity contribution < 1.29 is 9.60 Å². The number of thioether (sulfide) groups is 1. The minimum absolute atomic E-state index is 0.0815. The molecular formula is C14H20FN3OS. The molecule has 0 saturated heterocycles. The first-order chi connectivity index (χ1) is 9.63. The highest BCUT2D eigenvalue weighted by atomic mass is 32.2. The van der Waals surface area contributed by atoms with E-state index in [0.29, 0.717) is 23.7 Å². The van der Waals surface area contributed by atoms with Gasteiger partial charge in [-0.05, 0) is 31.6 Å². The maximum atomic E-state index is 13.9. The summed E-state index contributed by atoms with van der Waals surface area (Å²) in [7, 11) is 0. The van der Waals surface area contributed by atoms with Crippen molar-refractivity contribution in [3.05, 3.63) is 35.1 Å². The van der Waals surface area contributed by atoms with E-state index in [-0.39, 0.29) is 11.7 Å². The fraction of sp³-hybridized carbons (Fsp3) is 0.500. The second-order valence-corrected chi connectivity index (χ2v) is 6.18. The average Bonchev–Trinajstić information content (AvgIpc) is 2.93. The number of nitrogens with zero attached hydrogens (tertiary/aromatic N) is 1. The molecule has 1 aliphatic rings. The van der Waals surface area contributed by atoms with E-state index >= 15 is 0 Å². The molecule has 6 heteroatoms. The highest BCUT2D eigenvalue weighted by molar-refractivity contribution is 7.99. The van der Waals surface area contributed by atoms with Crippen molar-refractivity contribution in [3.63, 3.8) is 0 Å². The van der Waals surface area contributed by atoms with Crippen LogP contribution in [0, 0.1) is 5.82 Å². The molecule has 1 fully saturated rings. The highest BCUT2D eigenvalue weighted by Gasteiger charge is 2.23. The molecule has 0 heterocycles. The molecule has 20 heavy (non-hydrogen) atoms. The Morgan fingerprint density at radius 2 is 2.35 bits per heavy atom. The first-order valence-corrected chi connectivity index (χ1v) is 7.95. The van der Waals surface area contributed by atoms with E-state index in [1.165, 1.54) is 12.5 Å². The van der Waals surface area contributed by atoms with Gasteiger partial charge in [0.05, 0.1) is 0 Å². The normalized spacial score (nSPS) is 23.2. The number of rotatable bonds is 5. The van der Waals surface area contributed by atoms with Gasteiger partial charge in [-0.15, -0.1) is 0 Å². The zero-order chi connectivity index (χ0) is 14.5. The Bertz CT molecular complexity index is 495. The summed E-state index contributed by atoms with van der Waals surface area (Å²) in [5.41, 5.74) is 6.42. The van der Waals surface area contributed by atoms with Gasteiger partial charge in [0.1, 0.15) is 5.82 Å². The zero-order valence-corrected chi connectivity index (χ0v) is 12.3. The van der Waals surface area contributed by atoms with Crippen molar-refractivity contribution in [2.45, 2.75) is 37.1 Å². The predicted octanol–water partition coefficient (Wildman–Crippen LogP) is 2.29. The van der Waals surface area contributed by atoms with Crippen LogP contribution in [0.2, 0.25) is 0 Å². The van der Waals surface area contributed by atoms with E-state index < -0.39 is 0 Å². The van der Waals surface area contributed by atoms with Crippen molar-refractivity contribution in [1.29, 1.82) is 0 Å². The van der Waals surface area contributed by atoms with Gasteiger partial charge in [0.2, 0.25) is 0 Å². The lowest BCUT2D eigenvalue weighted by Gasteiger charge is -2.13. The van der Waals surface area contributed by atoms with E-state index in [1.807, 2.05) is 11.8 Å². The van der Waals surface area contributed by atoms with Gasteiger partial charge in [-0.1, -0.05) is 17.3 Å². The van der Waals surface area contributed by atoms with Crippen molar-refractivity contribution in [2.75, 3.05) is 6.26 Å². The van der Waals surface area contributed by atoms with Gasteiger partial charge < -0.3 is 16.3 Å². The molecule has 1 aromatic carbocycles. The van der Waals surface area contributed by atoms with E-state index in [2.05, 4.69) is 16.7 Å². The Morgan fingerprint density at radius 1 is 1.55 bits per heavy atom. The standard InChI is InChI=1S/C14H20FN3OS/c1-20-12-5-4-11(7-12)17-8-10-3-2-9(6-13(10)15)14(16)18-19/h2-3,6,11-12,17,19H,4-5,7-8H2,1H3,(H2,16,18). The van der Waals surface area contributed by atoms with Crippen LogP contribution >= 0.6 is 11.8 Å². The number of halogens is 1. The number of amidine groups is 1. The van der Waals surface area contributed by atoms with Crippen molar-refractivity contribution in [3.8, 4) is 0 Å². The lowest BCUT2D eigenvalue weighted by atomic mass is 10.1. The fourth-order valence-corrected chi connectivity index (χ4v) is 3.30. The maximum absolute atomic E-state index is 13.9. The molecule has 2 atom stereocenters. The zero-order valence-electron chi connectivity index (χ0n) is 11.5. The van der Waals surface area contributed by atoms with Crippen LogP contribution in [0.1, 0.15) is 30.4 Å². The third-order valence-electron chi connectivity index (χ3n) is 3.76.